The van der Waals surface area contributed by atoms with Crippen LogP contribution in [-0.4, -0.2) is 32.5 Å². The van der Waals surface area contributed by atoms with Crippen molar-refractivity contribution in [3.05, 3.63) is 54.9 Å². The molecule has 0 unspecified atom stereocenters. The number of fused-ring (bicyclic) bond motifs is 1. The number of benzene rings is 1. The maximum absolute atomic E-state index is 12.7. The zero-order chi connectivity index (χ0) is 16.4. The van der Waals surface area contributed by atoms with Crippen molar-refractivity contribution in [3.8, 4) is 0 Å². The van der Waals surface area contributed by atoms with Crippen LogP contribution in [0.25, 0.3) is 10.9 Å². The highest BCUT2D eigenvalue weighted by atomic mass is 32.2. The molecule has 0 aliphatic rings. The molecule has 0 amide bonds. The van der Waals surface area contributed by atoms with E-state index in [4.69, 9.17) is 0 Å². The Morgan fingerprint density at radius 2 is 1.65 bits per heavy atom. The van der Waals surface area contributed by atoms with Gasteiger partial charge in [0.1, 0.15) is 0 Å². The van der Waals surface area contributed by atoms with E-state index in [1.807, 2.05) is 18.2 Å². The Balaban J connectivity index is 2.08. The van der Waals surface area contributed by atoms with Gasteiger partial charge in [-0.25, -0.2) is 4.98 Å². The molecule has 1 N–H and O–H groups in total. The van der Waals surface area contributed by atoms with Gasteiger partial charge in [0.15, 0.2) is 5.03 Å². The smallest absolute Gasteiger partial charge is 0.281 e. The van der Waals surface area contributed by atoms with Crippen LogP contribution in [-0.2, 0) is 10.0 Å². The summed E-state index contributed by atoms with van der Waals surface area (Å²) in [7, 11) is -0.277. The maximum atomic E-state index is 12.7. The second-order valence-corrected chi connectivity index (χ2v) is 6.81. The number of sulfonamides is 1. The first kappa shape index (κ1) is 15.2. The highest BCUT2D eigenvalue weighted by Crippen LogP contribution is 2.26. The Labute approximate surface area is 134 Å². The van der Waals surface area contributed by atoms with Crippen LogP contribution in [0.4, 0.5) is 11.4 Å². The molecule has 3 rings (SSSR count). The summed E-state index contributed by atoms with van der Waals surface area (Å²) in [6.07, 6.45) is 3.09. The average molecular weight is 328 g/mol. The van der Waals surface area contributed by atoms with E-state index in [0.29, 0.717) is 16.9 Å². The second-order valence-electron chi connectivity index (χ2n) is 5.21. The monoisotopic (exact) mass is 328 g/mol. The molecule has 3 aromatic rings. The molecule has 0 spiro atoms. The molecule has 0 aliphatic heterocycles. The fraction of sp³-hybridized carbons (Fsp3) is 0.125. The zero-order valence-electron chi connectivity index (χ0n) is 12.8. The second kappa shape index (κ2) is 5.85. The Morgan fingerprint density at radius 1 is 0.957 bits per heavy atom. The van der Waals surface area contributed by atoms with E-state index in [9.17, 15) is 8.42 Å². The lowest BCUT2D eigenvalue weighted by Gasteiger charge is -2.17. The number of nitrogens with zero attached hydrogens (tertiary/aromatic N) is 3. The van der Waals surface area contributed by atoms with Crippen molar-refractivity contribution in [1.29, 1.82) is 0 Å². The van der Waals surface area contributed by atoms with Crippen molar-refractivity contribution in [1.82, 2.24) is 9.97 Å². The van der Waals surface area contributed by atoms with E-state index < -0.39 is 10.0 Å². The first-order valence-electron chi connectivity index (χ1n) is 6.98. The van der Waals surface area contributed by atoms with Gasteiger partial charge in [-0.15, -0.1) is 0 Å². The normalized spacial score (nSPS) is 11.4. The SMILES string of the molecule is CN(C)c1cccnc1S(=O)(=O)Nc1cccc2cccnc12. The van der Waals surface area contributed by atoms with Gasteiger partial charge in [0.2, 0.25) is 0 Å². The summed E-state index contributed by atoms with van der Waals surface area (Å²) in [5, 5.41) is 0.847. The minimum Gasteiger partial charge on any atom is -0.375 e. The maximum Gasteiger partial charge on any atom is 0.281 e. The summed E-state index contributed by atoms with van der Waals surface area (Å²) in [6, 6.07) is 12.5. The molecule has 0 saturated heterocycles. The topological polar surface area (TPSA) is 75.2 Å². The molecular formula is C16H16N4O2S. The third-order valence-electron chi connectivity index (χ3n) is 3.36. The van der Waals surface area contributed by atoms with Crippen molar-refractivity contribution in [2.24, 2.45) is 0 Å². The number of rotatable bonds is 4. The molecule has 0 bridgehead atoms. The third kappa shape index (κ3) is 2.95. The van der Waals surface area contributed by atoms with Crippen molar-refractivity contribution in [2.75, 3.05) is 23.7 Å². The standard InChI is InChI=1S/C16H16N4O2S/c1-20(2)14-9-5-11-18-16(14)23(21,22)19-13-8-3-6-12-7-4-10-17-15(12)13/h3-11,19H,1-2H3. The highest BCUT2D eigenvalue weighted by Gasteiger charge is 2.22. The number of pyridine rings is 2. The lowest BCUT2D eigenvalue weighted by molar-refractivity contribution is 0.597. The first-order chi connectivity index (χ1) is 11.0. The van der Waals surface area contributed by atoms with Gasteiger partial charge in [0.25, 0.3) is 10.0 Å². The predicted octanol–water partition coefficient (Wildman–Crippen LogP) is 2.50. The summed E-state index contributed by atoms with van der Waals surface area (Å²) >= 11 is 0. The van der Waals surface area contributed by atoms with Crippen molar-refractivity contribution < 1.29 is 8.42 Å². The van der Waals surface area contributed by atoms with Crippen LogP contribution in [0, 0.1) is 0 Å². The average Bonchev–Trinajstić information content (AvgIpc) is 2.55. The molecule has 7 heteroatoms. The van der Waals surface area contributed by atoms with Crippen LogP contribution in [0.1, 0.15) is 0 Å². The Morgan fingerprint density at radius 3 is 2.43 bits per heavy atom. The minimum atomic E-state index is -3.82. The zero-order valence-corrected chi connectivity index (χ0v) is 13.6. The molecule has 118 valence electrons. The molecule has 2 heterocycles. The van der Waals surface area contributed by atoms with Gasteiger partial charge in [-0.3, -0.25) is 9.71 Å². The van der Waals surface area contributed by atoms with Crippen LogP contribution < -0.4 is 9.62 Å². The van der Waals surface area contributed by atoms with E-state index in [1.54, 1.807) is 49.5 Å². The fourth-order valence-electron chi connectivity index (χ4n) is 2.31. The van der Waals surface area contributed by atoms with E-state index in [0.717, 1.165) is 5.39 Å². The van der Waals surface area contributed by atoms with Gasteiger partial charge in [0.05, 0.1) is 16.9 Å². The number of hydrogen-bond acceptors (Lipinski definition) is 5. The summed E-state index contributed by atoms with van der Waals surface area (Å²) < 4.78 is 28.1. The van der Waals surface area contributed by atoms with Crippen molar-refractivity contribution in [3.63, 3.8) is 0 Å². The number of anilines is 2. The fourth-order valence-corrected chi connectivity index (χ4v) is 3.59. The number of aromatic nitrogens is 2. The number of hydrogen-bond donors (Lipinski definition) is 1. The van der Waals surface area contributed by atoms with Crippen LogP contribution in [0.3, 0.4) is 0 Å². The molecule has 0 radical (unpaired) electrons. The van der Waals surface area contributed by atoms with E-state index >= 15 is 0 Å². The van der Waals surface area contributed by atoms with Gasteiger partial charge in [0, 0.05) is 31.9 Å². The summed E-state index contributed by atoms with van der Waals surface area (Å²) in [5.41, 5.74) is 1.55. The van der Waals surface area contributed by atoms with Gasteiger partial charge in [-0.1, -0.05) is 18.2 Å². The Kier molecular flexibility index (Phi) is 3.87. The Hall–Kier alpha value is -2.67. The largest absolute Gasteiger partial charge is 0.375 e. The lowest BCUT2D eigenvalue weighted by Crippen LogP contribution is -2.20. The van der Waals surface area contributed by atoms with E-state index in [2.05, 4.69) is 14.7 Å². The van der Waals surface area contributed by atoms with Gasteiger partial charge < -0.3 is 4.90 Å². The van der Waals surface area contributed by atoms with Crippen LogP contribution in [0.5, 0.6) is 0 Å². The summed E-state index contributed by atoms with van der Waals surface area (Å²) in [6.45, 7) is 0. The molecule has 0 aliphatic carbocycles. The lowest BCUT2D eigenvalue weighted by atomic mass is 10.2. The highest BCUT2D eigenvalue weighted by molar-refractivity contribution is 7.92. The van der Waals surface area contributed by atoms with Crippen molar-refractivity contribution >= 4 is 32.3 Å². The molecule has 0 fully saturated rings. The molecule has 0 atom stereocenters. The molecule has 2 aromatic heterocycles. The van der Waals surface area contributed by atoms with Gasteiger partial charge in [-0.05, 0) is 24.3 Å². The van der Waals surface area contributed by atoms with Crippen LogP contribution in [0.2, 0.25) is 0 Å². The first-order valence-corrected chi connectivity index (χ1v) is 8.46. The van der Waals surface area contributed by atoms with Crippen LogP contribution >= 0.6 is 0 Å². The van der Waals surface area contributed by atoms with Crippen molar-refractivity contribution in [2.45, 2.75) is 5.03 Å². The van der Waals surface area contributed by atoms with Crippen LogP contribution in [0.15, 0.2) is 59.9 Å². The minimum absolute atomic E-state index is 0.0158. The van der Waals surface area contributed by atoms with E-state index in [-0.39, 0.29) is 5.03 Å². The predicted molar refractivity (Wildman–Crippen MR) is 91.1 cm³/mol. The van der Waals surface area contributed by atoms with E-state index in [1.165, 1.54) is 6.20 Å². The summed E-state index contributed by atoms with van der Waals surface area (Å²) in [5.74, 6) is 0. The third-order valence-corrected chi connectivity index (χ3v) is 4.68. The number of para-hydroxylation sites is 1. The molecule has 1 aromatic carbocycles. The molecule has 6 nitrogen and oxygen atoms in total. The molecular weight excluding hydrogens is 312 g/mol. The Bertz CT molecular complexity index is 950. The van der Waals surface area contributed by atoms with Gasteiger partial charge in [-0.2, -0.15) is 8.42 Å². The molecule has 0 saturated carbocycles. The molecule has 23 heavy (non-hydrogen) atoms. The van der Waals surface area contributed by atoms with Gasteiger partial charge >= 0.3 is 0 Å². The number of nitrogens with one attached hydrogen (secondary N) is 1. The quantitative estimate of drug-likeness (QED) is 0.796. The summed E-state index contributed by atoms with van der Waals surface area (Å²) in [4.78, 5) is 10.0.